The van der Waals surface area contributed by atoms with Crippen LogP contribution in [0.15, 0.2) is 41.9 Å². The molecule has 1 N–H and O–H groups in total. The maximum absolute atomic E-state index is 8.75. The van der Waals surface area contributed by atoms with E-state index in [2.05, 4.69) is 54.5 Å². The molecule has 2 rings (SSSR count). The van der Waals surface area contributed by atoms with Crippen LogP contribution in [-0.4, -0.2) is 15.6 Å². The fourth-order valence-electron chi connectivity index (χ4n) is 2.23. The van der Waals surface area contributed by atoms with E-state index < -0.39 is 0 Å². The van der Waals surface area contributed by atoms with Crippen LogP contribution in [0.4, 0.5) is 0 Å². The average Bonchev–Trinajstić information content (AvgIpc) is 3.16. The van der Waals surface area contributed by atoms with Gasteiger partial charge in [-0.05, 0) is 32.0 Å². The topological polar surface area (TPSA) is 66.0 Å². The maximum Gasteiger partial charge on any atom is 0.109 e. The summed E-state index contributed by atoms with van der Waals surface area (Å²) in [7, 11) is 0. The Hall–Kier alpha value is -2.35. The average molecular weight is 297 g/mol. The van der Waals surface area contributed by atoms with E-state index in [1.165, 1.54) is 0 Å². The Balaban J connectivity index is 1.95. The third kappa shape index (κ3) is 4.08. The molecular formula is C17H23N5. The predicted molar refractivity (Wildman–Crippen MR) is 88.3 cm³/mol. The first kappa shape index (κ1) is 16.0. The first-order valence-electron chi connectivity index (χ1n) is 7.60. The molecule has 0 bridgehead atoms. The fourth-order valence-corrected chi connectivity index (χ4v) is 2.23. The molecular weight excluding hydrogens is 274 g/mol. The second-order valence-electron chi connectivity index (χ2n) is 6.15. The van der Waals surface area contributed by atoms with Crippen molar-refractivity contribution in [3.05, 3.63) is 42.5 Å². The van der Waals surface area contributed by atoms with Gasteiger partial charge in [0.15, 0.2) is 0 Å². The SMILES string of the molecule is CC(/C=C\NC1=NC=CC1)c1cnn(C(C)(C)CCC#N)c1. The third-order valence-electron chi connectivity index (χ3n) is 3.88. The summed E-state index contributed by atoms with van der Waals surface area (Å²) in [6.07, 6.45) is 14.0. The second kappa shape index (κ2) is 7.08. The number of aromatic nitrogens is 2. The van der Waals surface area contributed by atoms with Crippen molar-refractivity contribution in [2.45, 2.75) is 51.5 Å². The van der Waals surface area contributed by atoms with Gasteiger partial charge in [0.25, 0.3) is 0 Å². The molecule has 5 heteroatoms. The van der Waals surface area contributed by atoms with Crippen LogP contribution in [-0.2, 0) is 5.54 Å². The quantitative estimate of drug-likeness (QED) is 0.874. The smallest absolute Gasteiger partial charge is 0.109 e. The molecule has 0 spiro atoms. The summed E-state index contributed by atoms with van der Waals surface area (Å²) < 4.78 is 1.96. The van der Waals surface area contributed by atoms with Gasteiger partial charge in [-0.1, -0.05) is 19.1 Å². The first-order chi connectivity index (χ1) is 10.5. The minimum Gasteiger partial charge on any atom is -0.350 e. The monoisotopic (exact) mass is 297 g/mol. The highest BCUT2D eigenvalue weighted by atomic mass is 15.3. The minimum atomic E-state index is -0.139. The Morgan fingerprint density at radius 3 is 3.05 bits per heavy atom. The normalized spacial score (nSPS) is 15.8. The highest BCUT2D eigenvalue weighted by Gasteiger charge is 2.21. The third-order valence-corrected chi connectivity index (χ3v) is 3.88. The highest BCUT2D eigenvalue weighted by Crippen LogP contribution is 2.23. The number of hydrogen-bond acceptors (Lipinski definition) is 4. The van der Waals surface area contributed by atoms with E-state index in [1.807, 2.05) is 29.4 Å². The molecule has 0 aromatic carbocycles. The number of allylic oxidation sites excluding steroid dienone is 1. The lowest BCUT2D eigenvalue weighted by Gasteiger charge is -2.24. The molecule has 116 valence electrons. The minimum absolute atomic E-state index is 0.139. The maximum atomic E-state index is 8.75. The number of amidine groups is 1. The van der Waals surface area contributed by atoms with Gasteiger partial charge >= 0.3 is 0 Å². The number of nitrogens with zero attached hydrogens (tertiary/aromatic N) is 4. The highest BCUT2D eigenvalue weighted by molar-refractivity contribution is 5.86. The molecule has 1 aromatic heterocycles. The van der Waals surface area contributed by atoms with Gasteiger partial charge in [-0.15, -0.1) is 0 Å². The molecule has 0 radical (unpaired) electrons. The van der Waals surface area contributed by atoms with E-state index in [1.54, 1.807) is 0 Å². The van der Waals surface area contributed by atoms with Crippen LogP contribution in [0.2, 0.25) is 0 Å². The molecule has 5 nitrogen and oxygen atoms in total. The van der Waals surface area contributed by atoms with Crippen LogP contribution in [0.25, 0.3) is 0 Å². The summed E-state index contributed by atoms with van der Waals surface area (Å²) in [5, 5.41) is 16.4. The first-order valence-corrected chi connectivity index (χ1v) is 7.60. The summed E-state index contributed by atoms with van der Waals surface area (Å²) in [6, 6.07) is 2.20. The van der Waals surface area contributed by atoms with Gasteiger partial charge < -0.3 is 5.32 Å². The molecule has 22 heavy (non-hydrogen) atoms. The van der Waals surface area contributed by atoms with Crippen LogP contribution in [0.5, 0.6) is 0 Å². The van der Waals surface area contributed by atoms with E-state index in [0.717, 1.165) is 24.2 Å². The van der Waals surface area contributed by atoms with Crippen molar-refractivity contribution >= 4 is 5.84 Å². The molecule has 1 aliphatic heterocycles. The predicted octanol–water partition coefficient (Wildman–Crippen LogP) is 3.44. The number of rotatable bonds is 6. The van der Waals surface area contributed by atoms with E-state index in [0.29, 0.717) is 6.42 Å². The number of hydrogen-bond donors (Lipinski definition) is 1. The second-order valence-corrected chi connectivity index (χ2v) is 6.15. The van der Waals surface area contributed by atoms with Gasteiger partial charge in [0.2, 0.25) is 0 Å². The van der Waals surface area contributed by atoms with Crippen molar-refractivity contribution in [1.29, 1.82) is 5.26 Å². The Bertz CT molecular complexity index is 628. The molecule has 0 amide bonds. The lowest BCUT2D eigenvalue weighted by Crippen LogP contribution is -2.26. The standard InChI is InChI=1S/C17H23N5/c1-14(7-11-20-16-6-4-10-19-16)15-12-21-22(13-15)17(2,3)8-5-9-18/h4,7,10-14H,5-6,8H2,1-3H3,(H,19,20)/b11-7-. The molecule has 1 aromatic rings. The van der Waals surface area contributed by atoms with E-state index in [4.69, 9.17) is 5.26 Å². The lowest BCUT2D eigenvalue weighted by atomic mass is 9.99. The van der Waals surface area contributed by atoms with Crippen LogP contribution < -0.4 is 5.32 Å². The van der Waals surface area contributed by atoms with Gasteiger partial charge in [0.05, 0.1) is 17.8 Å². The summed E-state index contributed by atoms with van der Waals surface area (Å²) in [4.78, 5) is 4.20. The zero-order chi connectivity index (χ0) is 16.0. The summed E-state index contributed by atoms with van der Waals surface area (Å²) in [6.45, 7) is 6.35. The van der Waals surface area contributed by atoms with Gasteiger partial charge in [-0.25, -0.2) is 4.99 Å². The van der Waals surface area contributed by atoms with E-state index >= 15 is 0 Å². The molecule has 0 saturated carbocycles. The van der Waals surface area contributed by atoms with Crippen LogP contribution in [0.3, 0.4) is 0 Å². The van der Waals surface area contributed by atoms with E-state index in [-0.39, 0.29) is 11.5 Å². The molecule has 0 saturated heterocycles. The lowest BCUT2D eigenvalue weighted by molar-refractivity contribution is 0.298. The zero-order valence-corrected chi connectivity index (χ0v) is 13.5. The molecule has 1 aliphatic rings. The van der Waals surface area contributed by atoms with Crippen molar-refractivity contribution < 1.29 is 0 Å². The largest absolute Gasteiger partial charge is 0.350 e. The van der Waals surface area contributed by atoms with Crippen LogP contribution >= 0.6 is 0 Å². The summed E-state index contributed by atoms with van der Waals surface area (Å²) in [5.41, 5.74) is 1.02. The number of aliphatic imine (C=N–C) groups is 1. The van der Waals surface area contributed by atoms with Crippen molar-refractivity contribution in [2.75, 3.05) is 0 Å². The molecule has 1 atom stereocenters. The van der Waals surface area contributed by atoms with Gasteiger partial charge in [0, 0.05) is 31.2 Å². The van der Waals surface area contributed by atoms with Gasteiger partial charge in [0.1, 0.15) is 5.84 Å². The number of nitrogens with one attached hydrogen (secondary N) is 1. The van der Waals surface area contributed by atoms with Crippen LogP contribution in [0, 0.1) is 11.3 Å². The van der Waals surface area contributed by atoms with E-state index in [9.17, 15) is 0 Å². The molecule has 0 aliphatic carbocycles. The Labute approximate surface area is 132 Å². The fraction of sp³-hybridized carbons (Fsp3) is 0.471. The molecule has 0 fully saturated rings. The van der Waals surface area contributed by atoms with Gasteiger partial charge in [-0.3, -0.25) is 4.68 Å². The van der Waals surface area contributed by atoms with Crippen molar-refractivity contribution in [1.82, 2.24) is 15.1 Å². The zero-order valence-electron chi connectivity index (χ0n) is 13.5. The Morgan fingerprint density at radius 1 is 1.55 bits per heavy atom. The van der Waals surface area contributed by atoms with Gasteiger partial charge in [-0.2, -0.15) is 10.4 Å². The Kier molecular flexibility index (Phi) is 5.16. The van der Waals surface area contributed by atoms with Crippen molar-refractivity contribution in [3.8, 4) is 6.07 Å². The Morgan fingerprint density at radius 2 is 2.36 bits per heavy atom. The van der Waals surface area contributed by atoms with Crippen molar-refractivity contribution in [2.24, 2.45) is 4.99 Å². The number of nitriles is 1. The van der Waals surface area contributed by atoms with Crippen LogP contribution in [0.1, 0.15) is 51.5 Å². The summed E-state index contributed by atoms with van der Waals surface area (Å²) in [5.74, 6) is 1.24. The van der Waals surface area contributed by atoms with Crippen molar-refractivity contribution in [3.63, 3.8) is 0 Å². The molecule has 2 heterocycles. The molecule has 1 unspecified atom stereocenters. The summed E-state index contributed by atoms with van der Waals surface area (Å²) >= 11 is 0.